The largest absolute Gasteiger partial charge is 0.465 e. The van der Waals surface area contributed by atoms with Gasteiger partial charge >= 0.3 is 5.97 Å². The van der Waals surface area contributed by atoms with Crippen LogP contribution < -0.4 is 5.32 Å². The van der Waals surface area contributed by atoms with Crippen LogP contribution in [0.3, 0.4) is 0 Å². The summed E-state index contributed by atoms with van der Waals surface area (Å²) in [4.78, 5) is 25.5. The molecule has 0 saturated carbocycles. The van der Waals surface area contributed by atoms with Gasteiger partial charge in [0.2, 0.25) is 0 Å². The van der Waals surface area contributed by atoms with Gasteiger partial charge in [0.25, 0.3) is 0 Å². The second kappa shape index (κ2) is 7.53. The summed E-state index contributed by atoms with van der Waals surface area (Å²) in [6.45, 7) is 2.51. The molecule has 2 aliphatic rings. The minimum Gasteiger partial charge on any atom is -0.465 e. The highest BCUT2D eigenvalue weighted by Gasteiger charge is 2.42. The zero-order valence-electron chi connectivity index (χ0n) is 13.9. The molecule has 24 heavy (non-hydrogen) atoms. The number of carbonyl (C=O) groups is 2. The lowest BCUT2D eigenvalue weighted by molar-refractivity contribution is -0.147. The first-order chi connectivity index (χ1) is 11.6. The van der Waals surface area contributed by atoms with Crippen molar-refractivity contribution in [2.75, 3.05) is 13.2 Å². The highest BCUT2D eigenvalue weighted by Crippen LogP contribution is 2.29. The molecule has 1 aliphatic heterocycles. The predicted octanol–water partition coefficient (Wildman–Crippen LogP) is 2.27. The summed E-state index contributed by atoms with van der Waals surface area (Å²) in [7, 11) is 0. The second-order valence-electron chi connectivity index (χ2n) is 6.60. The maximum absolute atomic E-state index is 12.8. The van der Waals surface area contributed by atoms with E-state index < -0.39 is 12.0 Å². The van der Waals surface area contributed by atoms with Gasteiger partial charge in [-0.05, 0) is 43.2 Å². The summed E-state index contributed by atoms with van der Waals surface area (Å²) in [6.07, 6.45) is 3.44. The highest BCUT2D eigenvalue weighted by atomic mass is 32.1. The number of carbonyl (C=O) groups excluding carboxylic acids is 2. The molecule has 1 aromatic carbocycles. The summed E-state index contributed by atoms with van der Waals surface area (Å²) >= 11 is 5.34. The van der Waals surface area contributed by atoms with Crippen molar-refractivity contribution in [3.63, 3.8) is 0 Å². The lowest BCUT2D eigenvalue weighted by atomic mass is 9.79. The predicted molar refractivity (Wildman–Crippen MR) is 96.1 cm³/mol. The van der Waals surface area contributed by atoms with Gasteiger partial charge in [-0.1, -0.05) is 36.5 Å². The quantitative estimate of drug-likeness (QED) is 0.655. The number of ketones is 1. The van der Waals surface area contributed by atoms with Crippen molar-refractivity contribution in [1.29, 1.82) is 0 Å². The molecular formula is C19H23NO3S. The Labute approximate surface area is 148 Å². The summed E-state index contributed by atoms with van der Waals surface area (Å²) in [6, 6.07) is 7.82. The number of hydrogen-bond acceptors (Lipinski definition) is 5. The molecule has 0 amide bonds. The Morgan fingerprint density at radius 3 is 2.79 bits per heavy atom. The van der Waals surface area contributed by atoms with Crippen LogP contribution in [0.25, 0.3) is 0 Å². The van der Waals surface area contributed by atoms with Crippen LogP contribution in [-0.2, 0) is 27.2 Å². The SMILES string of the molecule is CCOC(=O)[C@H]1NCC(=S)C1C(=O)C[C@H]1CCc2ccccc2C1. The number of thiocarbonyl (C=S) groups is 1. The number of ether oxygens (including phenoxy) is 1. The fourth-order valence-electron chi connectivity index (χ4n) is 3.80. The third-order valence-electron chi connectivity index (χ3n) is 5.00. The smallest absolute Gasteiger partial charge is 0.324 e. The maximum atomic E-state index is 12.8. The minimum absolute atomic E-state index is 0.0763. The van der Waals surface area contributed by atoms with Crippen molar-refractivity contribution in [2.45, 2.75) is 38.6 Å². The van der Waals surface area contributed by atoms with Crippen molar-refractivity contribution in [3.8, 4) is 0 Å². The molecule has 5 heteroatoms. The monoisotopic (exact) mass is 345 g/mol. The van der Waals surface area contributed by atoms with Crippen LogP contribution in [0, 0.1) is 11.8 Å². The Hall–Kier alpha value is -1.59. The van der Waals surface area contributed by atoms with E-state index in [1.807, 2.05) is 0 Å². The Morgan fingerprint density at radius 1 is 1.29 bits per heavy atom. The average Bonchev–Trinajstić information content (AvgIpc) is 2.97. The molecule has 0 spiro atoms. The summed E-state index contributed by atoms with van der Waals surface area (Å²) < 4.78 is 5.08. The van der Waals surface area contributed by atoms with Crippen LogP contribution in [-0.4, -0.2) is 35.8 Å². The summed E-state index contributed by atoms with van der Waals surface area (Å²) in [5, 5.41) is 3.04. The molecule has 1 fully saturated rings. The Bertz CT molecular complexity index is 658. The van der Waals surface area contributed by atoms with Crippen molar-refractivity contribution < 1.29 is 14.3 Å². The average molecular weight is 345 g/mol. The van der Waals surface area contributed by atoms with Gasteiger partial charge in [-0.15, -0.1) is 0 Å². The molecule has 128 valence electrons. The van der Waals surface area contributed by atoms with Crippen molar-refractivity contribution in [3.05, 3.63) is 35.4 Å². The molecule has 1 heterocycles. The number of hydrogen-bond donors (Lipinski definition) is 1. The number of benzene rings is 1. The van der Waals surface area contributed by atoms with Crippen LogP contribution >= 0.6 is 12.2 Å². The Balaban J connectivity index is 1.66. The van der Waals surface area contributed by atoms with E-state index in [4.69, 9.17) is 17.0 Å². The zero-order valence-corrected chi connectivity index (χ0v) is 14.7. The number of aryl methyl sites for hydroxylation is 1. The van der Waals surface area contributed by atoms with E-state index in [0.29, 0.717) is 30.4 Å². The van der Waals surface area contributed by atoms with Gasteiger partial charge in [-0.25, -0.2) is 0 Å². The topological polar surface area (TPSA) is 55.4 Å². The van der Waals surface area contributed by atoms with E-state index >= 15 is 0 Å². The molecule has 0 aromatic heterocycles. The first-order valence-electron chi connectivity index (χ1n) is 8.62. The van der Waals surface area contributed by atoms with E-state index in [0.717, 1.165) is 19.3 Å². The molecule has 4 nitrogen and oxygen atoms in total. The number of nitrogens with one attached hydrogen (secondary N) is 1. The fourth-order valence-corrected chi connectivity index (χ4v) is 4.15. The fraction of sp³-hybridized carbons (Fsp3) is 0.526. The van der Waals surface area contributed by atoms with E-state index in [1.165, 1.54) is 11.1 Å². The van der Waals surface area contributed by atoms with Gasteiger partial charge in [0.05, 0.1) is 12.5 Å². The first-order valence-corrected chi connectivity index (χ1v) is 9.03. The normalized spacial score (nSPS) is 26.0. The molecule has 1 N–H and O–H groups in total. The molecule has 3 atom stereocenters. The molecule has 1 aliphatic carbocycles. The van der Waals surface area contributed by atoms with E-state index in [-0.39, 0.29) is 11.8 Å². The first kappa shape index (κ1) is 17.2. The molecular weight excluding hydrogens is 322 g/mol. The number of fused-ring (bicyclic) bond motifs is 1. The zero-order chi connectivity index (χ0) is 17.1. The van der Waals surface area contributed by atoms with Crippen molar-refractivity contribution in [2.24, 2.45) is 11.8 Å². The van der Waals surface area contributed by atoms with Crippen LogP contribution in [0.1, 0.15) is 30.9 Å². The molecule has 0 bridgehead atoms. The minimum atomic E-state index is -0.610. The molecule has 3 rings (SSSR count). The third-order valence-corrected chi connectivity index (χ3v) is 5.40. The van der Waals surface area contributed by atoms with Gasteiger partial charge in [0, 0.05) is 17.8 Å². The molecule has 1 aromatic rings. The second-order valence-corrected chi connectivity index (χ2v) is 7.13. The lowest BCUT2D eigenvalue weighted by Crippen LogP contribution is -2.41. The van der Waals surface area contributed by atoms with Crippen LogP contribution in [0.5, 0.6) is 0 Å². The van der Waals surface area contributed by atoms with E-state index in [9.17, 15) is 9.59 Å². The van der Waals surface area contributed by atoms with Crippen molar-refractivity contribution in [1.82, 2.24) is 5.32 Å². The van der Waals surface area contributed by atoms with Crippen LogP contribution in [0.2, 0.25) is 0 Å². The van der Waals surface area contributed by atoms with Crippen molar-refractivity contribution >= 4 is 28.8 Å². The summed E-state index contributed by atoms with van der Waals surface area (Å²) in [5.41, 5.74) is 2.74. The Kier molecular flexibility index (Phi) is 5.41. The molecule has 1 unspecified atom stereocenters. The van der Waals surface area contributed by atoms with Crippen LogP contribution in [0.15, 0.2) is 24.3 Å². The maximum Gasteiger partial charge on any atom is 0.324 e. The van der Waals surface area contributed by atoms with E-state index in [2.05, 4.69) is 29.6 Å². The van der Waals surface area contributed by atoms with Gasteiger partial charge in [-0.2, -0.15) is 0 Å². The van der Waals surface area contributed by atoms with E-state index in [1.54, 1.807) is 6.92 Å². The lowest BCUT2D eigenvalue weighted by Gasteiger charge is -2.25. The Morgan fingerprint density at radius 2 is 2.04 bits per heavy atom. The van der Waals surface area contributed by atoms with Gasteiger partial charge in [0.1, 0.15) is 11.8 Å². The third kappa shape index (κ3) is 3.57. The van der Waals surface area contributed by atoms with Crippen LogP contribution in [0.4, 0.5) is 0 Å². The van der Waals surface area contributed by atoms with Gasteiger partial charge in [0.15, 0.2) is 0 Å². The standard InChI is InChI=1S/C19H23NO3S/c1-2-23-19(22)18-17(16(24)11-20-18)15(21)10-12-7-8-13-5-3-4-6-14(13)9-12/h3-6,12,17-18,20H,2,7-11H2,1H3/t12-,17?,18-/m0/s1. The van der Waals surface area contributed by atoms with Gasteiger partial charge < -0.3 is 4.74 Å². The molecule has 1 saturated heterocycles. The number of esters is 1. The summed E-state index contributed by atoms with van der Waals surface area (Å²) in [5.74, 6) is -0.480. The van der Waals surface area contributed by atoms with Gasteiger partial charge in [-0.3, -0.25) is 14.9 Å². The highest BCUT2D eigenvalue weighted by molar-refractivity contribution is 7.80. The number of Topliss-reactive ketones (excluding diaryl/α,β-unsaturated/α-hetero) is 1. The molecule has 0 radical (unpaired) electrons. The number of rotatable bonds is 5.